The Morgan fingerprint density at radius 3 is 2.93 bits per heavy atom. The van der Waals surface area contributed by atoms with Crippen molar-refractivity contribution in [3.05, 3.63) is 65.5 Å². The Kier molecular flexibility index (Phi) is 5.72. The highest BCUT2D eigenvalue weighted by atomic mass is 19.1. The molecule has 4 nitrogen and oxygen atoms in total. The van der Waals surface area contributed by atoms with E-state index in [2.05, 4.69) is 23.1 Å². The highest BCUT2D eigenvalue weighted by Gasteiger charge is 2.27. The van der Waals surface area contributed by atoms with E-state index in [0.717, 1.165) is 32.4 Å². The topological polar surface area (TPSA) is 41.9 Å². The quantitative estimate of drug-likeness (QED) is 0.811. The lowest BCUT2D eigenvalue weighted by Crippen LogP contribution is -2.35. The first kappa shape index (κ1) is 18.4. The fourth-order valence-corrected chi connectivity index (χ4v) is 4.06. The summed E-state index contributed by atoms with van der Waals surface area (Å²) in [5, 5.41) is 10.4. The first-order valence-corrected chi connectivity index (χ1v) is 9.69. The zero-order valence-corrected chi connectivity index (χ0v) is 15.4. The van der Waals surface area contributed by atoms with Crippen molar-refractivity contribution in [1.29, 1.82) is 0 Å². The molecular weight excluding hydrogens is 345 g/mol. The molecule has 1 N–H and O–H groups in total. The van der Waals surface area contributed by atoms with Gasteiger partial charge >= 0.3 is 0 Å². The number of fused-ring (bicyclic) bond motifs is 1. The smallest absolute Gasteiger partial charge is 0.126 e. The van der Waals surface area contributed by atoms with Crippen LogP contribution in [0.15, 0.2) is 48.5 Å². The van der Waals surface area contributed by atoms with E-state index in [1.54, 1.807) is 12.1 Å². The lowest BCUT2D eigenvalue weighted by molar-refractivity contribution is -0.0200. The van der Waals surface area contributed by atoms with Crippen molar-refractivity contribution in [3.8, 4) is 5.75 Å². The van der Waals surface area contributed by atoms with Crippen molar-refractivity contribution in [3.63, 3.8) is 0 Å². The molecule has 2 aromatic carbocycles. The number of rotatable bonds is 7. The molecule has 0 bridgehead atoms. The second kappa shape index (κ2) is 8.38. The number of aryl methyl sites for hydroxylation is 1. The molecule has 0 radical (unpaired) electrons. The monoisotopic (exact) mass is 371 g/mol. The van der Waals surface area contributed by atoms with Gasteiger partial charge in [-0.05, 0) is 42.5 Å². The number of aliphatic hydroxyl groups excluding tert-OH is 1. The summed E-state index contributed by atoms with van der Waals surface area (Å²) in [4.78, 5) is 2.18. The average Bonchev–Trinajstić information content (AvgIpc) is 3.27. The number of nitrogens with zero attached hydrogens (tertiary/aromatic N) is 1. The van der Waals surface area contributed by atoms with E-state index in [1.165, 1.54) is 23.3 Å². The van der Waals surface area contributed by atoms with Crippen molar-refractivity contribution in [2.45, 2.75) is 37.6 Å². The molecule has 4 rings (SSSR count). The van der Waals surface area contributed by atoms with Crippen LogP contribution in [0.4, 0.5) is 4.39 Å². The summed E-state index contributed by atoms with van der Waals surface area (Å²) in [6.45, 7) is 2.51. The van der Waals surface area contributed by atoms with Crippen LogP contribution in [0.2, 0.25) is 0 Å². The van der Waals surface area contributed by atoms with Gasteiger partial charge in [-0.1, -0.05) is 30.3 Å². The Morgan fingerprint density at radius 1 is 1.15 bits per heavy atom. The molecule has 0 spiro atoms. The largest absolute Gasteiger partial charge is 0.489 e. The van der Waals surface area contributed by atoms with E-state index in [0.29, 0.717) is 18.9 Å². The summed E-state index contributed by atoms with van der Waals surface area (Å²) < 4.78 is 25.1. The molecular formula is C22H26FNO3. The molecule has 1 saturated heterocycles. The van der Waals surface area contributed by atoms with Crippen molar-refractivity contribution >= 4 is 0 Å². The summed E-state index contributed by atoms with van der Waals surface area (Å²) in [5.41, 5.74) is 2.61. The molecule has 0 aromatic heterocycles. The Hall–Kier alpha value is -1.95. The third kappa shape index (κ3) is 4.67. The van der Waals surface area contributed by atoms with Crippen LogP contribution in [0.5, 0.6) is 5.75 Å². The van der Waals surface area contributed by atoms with Gasteiger partial charge in [0.25, 0.3) is 0 Å². The SMILES string of the molecule is OC(CO[C@@H]1CCc2ccccc21)CN1CC[C@@H](Oc2cccc(F)c2)C1. The summed E-state index contributed by atoms with van der Waals surface area (Å²) in [5.74, 6) is 0.272. The number of benzene rings is 2. The molecule has 3 atom stereocenters. The number of ether oxygens (including phenoxy) is 2. The second-order valence-electron chi connectivity index (χ2n) is 7.46. The predicted molar refractivity (Wildman–Crippen MR) is 101 cm³/mol. The Labute approximate surface area is 159 Å². The Balaban J connectivity index is 1.21. The third-order valence-corrected chi connectivity index (χ3v) is 5.36. The Morgan fingerprint density at radius 2 is 2.04 bits per heavy atom. The van der Waals surface area contributed by atoms with Crippen LogP contribution < -0.4 is 4.74 Å². The van der Waals surface area contributed by atoms with Gasteiger partial charge in [-0.3, -0.25) is 4.90 Å². The molecule has 5 heteroatoms. The number of likely N-dealkylation sites (tertiary alicyclic amines) is 1. The highest BCUT2D eigenvalue weighted by Crippen LogP contribution is 2.33. The van der Waals surface area contributed by atoms with E-state index in [4.69, 9.17) is 9.47 Å². The van der Waals surface area contributed by atoms with Gasteiger partial charge in [0, 0.05) is 25.7 Å². The van der Waals surface area contributed by atoms with Gasteiger partial charge in [0.15, 0.2) is 0 Å². The zero-order chi connectivity index (χ0) is 18.6. The van der Waals surface area contributed by atoms with Crippen LogP contribution in [0.1, 0.15) is 30.1 Å². The van der Waals surface area contributed by atoms with Gasteiger partial charge < -0.3 is 14.6 Å². The summed E-state index contributed by atoms with van der Waals surface area (Å²) in [6.07, 6.45) is 2.51. The van der Waals surface area contributed by atoms with Crippen molar-refractivity contribution in [2.75, 3.05) is 26.2 Å². The van der Waals surface area contributed by atoms with Crippen molar-refractivity contribution in [1.82, 2.24) is 4.90 Å². The van der Waals surface area contributed by atoms with Crippen LogP contribution in [0.3, 0.4) is 0 Å². The van der Waals surface area contributed by atoms with Crippen LogP contribution >= 0.6 is 0 Å². The number of hydrogen-bond donors (Lipinski definition) is 1. The van der Waals surface area contributed by atoms with Gasteiger partial charge in [0.05, 0.1) is 18.8 Å². The standard InChI is InChI=1S/C22H26FNO3/c23-17-5-3-6-19(12-17)27-20-10-11-24(14-20)13-18(25)15-26-22-9-8-16-4-1-2-7-21(16)22/h1-7,12,18,20,22,25H,8-11,13-15H2/t18?,20-,22-/m1/s1. The minimum Gasteiger partial charge on any atom is -0.489 e. The van der Waals surface area contributed by atoms with Crippen LogP contribution in [0.25, 0.3) is 0 Å². The van der Waals surface area contributed by atoms with Crippen LogP contribution in [0, 0.1) is 5.82 Å². The molecule has 1 unspecified atom stereocenters. The first-order chi connectivity index (χ1) is 13.2. The first-order valence-electron chi connectivity index (χ1n) is 9.69. The maximum absolute atomic E-state index is 13.3. The maximum Gasteiger partial charge on any atom is 0.126 e. The minimum atomic E-state index is -0.523. The minimum absolute atomic E-state index is 0.0293. The van der Waals surface area contributed by atoms with Crippen LogP contribution in [-0.2, 0) is 11.2 Å². The molecule has 144 valence electrons. The molecule has 1 aliphatic carbocycles. The molecule has 2 aromatic rings. The van der Waals surface area contributed by atoms with E-state index in [1.807, 2.05) is 6.07 Å². The predicted octanol–water partition coefficient (Wildman–Crippen LogP) is 3.34. The fourth-order valence-electron chi connectivity index (χ4n) is 4.06. The van der Waals surface area contributed by atoms with E-state index >= 15 is 0 Å². The number of halogens is 1. The molecule has 1 fully saturated rings. The lowest BCUT2D eigenvalue weighted by atomic mass is 10.1. The molecule has 27 heavy (non-hydrogen) atoms. The zero-order valence-electron chi connectivity index (χ0n) is 15.4. The van der Waals surface area contributed by atoms with Gasteiger partial charge in [-0.15, -0.1) is 0 Å². The summed E-state index contributed by atoms with van der Waals surface area (Å²) in [6, 6.07) is 14.6. The van der Waals surface area contributed by atoms with E-state index in [-0.39, 0.29) is 18.0 Å². The molecule has 1 heterocycles. The highest BCUT2D eigenvalue weighted by molar-refractivity contribution is 5.33. The van der Waals surface area contributed by atoms with Gasteiger partial charge in [0.2, 0.25) is 0 Å². The number of β-amino-alcohol motifs (C(OH)–C–C–N with tert-alkyl or cyclic N) is 1. The van der Waals surface area contributed by atoms with Gasteiger partial charge in [-0.25, -0.2) is 4.39 Å². The second-order valence-corrected chi connectivity index (χ2v) is 7.46. The fraction of sp³-hybridized carbons (Fsp3) is 0.455. The number of aliphatic hydroxyl groups is 1. The van der Waals surface area contributed by atoms with Crippen LogP contribution in [-0.4, -0.2) is 48.5 Å². The molecule has 0 saturated carbocycles. The van der Waals surface area contributed by atoms with Gasteiger partial charge in [0.1, 0.15) is 17.7 Å². The lowest BCUT2D eigenvalue weighted by Gasteiger charge is -2.22. The van der Waals surface area contributed by atoms with E-state index < -0.39 is 6.10 Å². The van der Waals surface area contributed by atoms with Gasteiger partial charge in [-0.2, -0.15) is 0 Å². The molecule has 2 aliphatic rings. The van der Waals surface area contributed by atoms with Crippen molar-refractivity contribution < 1.29 is 19.0 Å². The third-order valence-electron chi connectivity index (χ3n) is 5.36. The summed E-state index contributed by atoms with van der Waals surface area (Å²) in [7, 11) is 0. The molecule has 1 aliphatic heterocycles. The van der Waals surface area contributed by atoms with E-state index in [9.17, 15) is 9.50 Å². The molecule has 0 amide bonds. The normalized spacial score (nSPS) is 23.3. The summed E-state index contributed by atoms with van der Waals surface area (Å²) >= 11 is 0. The maximum atomic E-state index is 13.3. The Bertz CT molecular complexity index is 769. The average molecular weight is 371 g/mol. The van der Waals surface area contributed by atoms with Crippen molar-refractivity contribution in [2.24, 2.45) is 0 Å². The number of hydrogen-bond acceptors (Lipinski definition) is 4.